The van der Waals surface area contributed by atoms with Crippen molar-refractivity contribution in [1.82, 2.24) is 31.3 Å². The van der Waals surface area contributed by atoms with E-state index in [-0.39, 0.29) is 10.7 Å². The molecule has 1 atom stereocenters. The Balaban J connectivity index is 1.96. The van der Waals surface area contributed by atoms with Gasteiger partial charge in [-0.1, -0.05) is 36.4 Å². The number of nitrogens with two attached hydrogens (primary N) is 1. The largest absolute Gasteiger partial charge is 0.318 e. The highest BCUT2D eigenvalue weighted by atomic mass is 32.2. The predicted molar refractivity (Wildman–Crippen MR) is 107 cm³/mol. The Morgan fingerprint density at radius 3 is 2.54 bits per heavy atom. The van der Waals surface area contributed by atoms with Gasteiger partial charge in [-0.3, -0.25) is 0 Å². The van der Waals surface area contributed by atoms with Crippen LogP contribution in [0.15, 0.2) is 47.4 Å². The van der Waals surface area contributed by atoms with Crippen molar-refractivity contribution < 1.29 is 8.42 Å². The summed E-state index contributed by atoms with van der Waals surface area (Å²) >= 11 is 0. The summed E-state index contributed by atoms with van der Waals surface area (Å²) < 4.78 is 24.1. The summed E-state index contributed by atoms with van der Waals surface area (Å²) in [5.41, 5.74) is 2.94. The van der Waals surface area contributed by atoms with E-state index in [0.29, 0.717) is 17.2 Å². The first kappa shape index (κ1) is 20.1. The van der Waals surface area contributed by atoms with Crippen molar-refractivity contribution in [2.75, 3.05) is 13.6 Å². The number of hydrogen-bond acceptors (Lipinski definition) is 7. The third-order valence-corrected chi connectivity index (χ3v) is 5.28. The molecule has 0 aliphatic rings. The van der Waals surface area contributed by atoms with Gasteiger partial charge < -0.3 is 10.6 Å². The first-order valence-electron chi connectivity index (χ1n) is 8.77. The lowest BCUT2D eigenvalue weighted by atomic mass is 9.98. The Morgan fingerprint density at radius 1 is 1.18 bits per heavy atom. The summed E-state index contributed by atoms with van der Waals surface area (Å²) in [4.78, 5) is -0.0435. The fourth-order valence-electron chi connectivity index (χ4n) is 2.98. The van der Waals surface area contributed by atoms with E-state index in [9.17, 15) is 8.42 Å². The van der Waals surface area contributed by atoms with Gasteiger partial charge in [0.15, 0.2) is 0 Å². The van der Waals surface area contributed by atoms with E-state index in [1.54, 1.807) is 6.07 Å². The molecule has 0 radical (unpaired) electrons. The third-order valence-electron chi connectivity index (χ3n) is 4.33. The summed E-state index contributed by atoms with van der Waals surface area (Å²) in [6, 6.07) is 13.1. The summed E-state index contributed by atoms with van der Waals surface area (Å²) in [5.74, 6) is 0.172. The van der Waals surface area contributed by atoms with Gasteiger partial charge >= 0.3 is 0 Å². The highest BCUT2D eigenvalue weighted by Crippen LogP contribution is 2.34. The normalized spacial score (nSPS) is 12.8. The zero-order valence-corrected chi connectivity index (χ0v) is 16.5. The van der Waals surface area contributed by atoms with Gasteiger partial charge in [-0.2, -0.15) is 5.21 Å². The molecule has 0 spiro atoms. The summed E-state index contributed by atoms with van der Waals surface area (Å²) in [5, 5.41) is 25.8. The number of nitrogens with one attached hydrogen (secondary N) is 3. The molecule has 3 rings (SSSR count). The number of tetrazole rings is 1. The number of nitrogens with zero attached hydrogens (tertiary/aromatic N) is 3. The van der Waals surface area contributed by atoms with Gasteiger partial charge in [0.25, 0.3) is 0 Å². The van der Waals surface area contributed by atoms with Crippen LogP contribution in [0.1, 0.15) is 12.5 Å². The van der Waals surface area contributed by atoms with E-state index < -0.39 is 10.0 Å². The van der Waals surface area contributed by atoms with E-state index in [1.165, 1.54) is 6.07 Å². The summed E-state index contributed by atoms with van der Waals surface area (Å²) in [7, 11) is -2.04. The molecule has 9 nitrogen and oxygen atoms in total. The van der Waals surface area contributed by atoms with Crippen molar-refractivity contribution in [3.05, 3.63) is 48.0 Å². The van der Waals surface area contributed by atoms with Crippen LogP contribution in [0.25, 0.3) is 22.5 Å². The number of H-pyrrole nitrogens is 1. The minimum Gasteiger partial charge on any atom is -0.318 e. The Labute approximate surface area is 163 Å². The van der Waals surface area contributed by atoms with Crippen molar-refractivity contribution in [3.8, 4) is 22.5 Å². The van der Waals surface area contributed by atoms with Crippen LogP contribution < -0.4 is 15.8 Å². The molecule has 0 amide bonds. The molecule has 0 saturated carbocycles. The van der Waals surface area contributed by atoms with E-state index >= 15 is 0 Å². The van der Waals surface area contributed by atoms with E-state index in [0.717, 1.165) is 24.2 Å². The van der Waals surface area contributed by atoms with Crippen LogP contribution in [-0.2, 0) is 16.6 Å². The van der Waals surface area contributed by atoms with Gasteiger partial charge in [-0.25, -0.2) is 13.6 Å². The number of aromatic amines is 1. The average Bonchev–Trinajstić information content (AvgIpc) is 3.20. The van der Waals surface area contributed by atoms with Crippen LogP contribution in [-0.4, -0.2) is 48.7 Å². The monoisotopic (exact) mass is 401 g/mol. The Morgan fingerprint density at radius 2 is 1.93 bits per heavy atom. The van der Waals surface area contributed by atoms with Crippen molar-refractivity contribution in [2.24, 2.45) is 5.14 Å². The smallest absolute Gasteiger partial charge is 0.238 e. The maximum Gasteiger partial charge on any atom is 0.238 e. The predicted octanol–water partition coefficient (Wildman–Crippen LogP) is 0.879. The number of aromatic nitrogens is 4. The standard InChI is InChI=1S/C18H23N7O2S/c1-12(10-20-2)21-11-13-6-8-14(9-7-13)15-4-3-5-16(28(19,26)27)17(15)18-22-24-25-23-18/h3-9,12,20-21H,10-11H2,1-2H3,(H2,19,26,27)(H,22,23,24,25). The molecule has 0 aliphatic carbocycles. The molecule has 0 bridgehead atoms. The minimum absolute atomic E-state index is 0.0435. The molecule has 0 fully saturated rings. The van der Waals surface area contributed by atoms with Crippen molar-refractivity contribution in [3.63, 3.8) is 0 Å². The van der Waals surface area contributed by atoms with Crippen molar-refractivity contribution in [2.45, 2.75) is 24.4 Å². The van der Waals surface area contributed by atoms with Crippen LogP contribution in [0.5, 0.6) is 0 Å². The van der Waals surface area contributed by atoms with Gasteiger partial charge in [-0.15, -0.1) is 10.2 Å². The summed E-state index contributed by atoms with van der Waals surface area (Å²) in [6.45, 7) is 3.73. The van der Waals surface area contributed by atoms with Gasteiger partial charge in [0.2, 0.25) is 15.8 Å². The lowest BCUT2D eigenvalue weighted by Crippen LogP contribution is -2.34. The molecule has 28 heavy (non-hydrogen) atoms. The number of likely N-dealkylation sites (N-methyl/N-ethyl adjacent to an activating group) is 1. The summed E-state index contributed by atoms with van der Waals surface area (Å²) in [6.07, 6.45) is 0. The van der Waals surface area contributed by atoms with Gasteiger partial charge in [0.1, 0.15) is 0 Å². The number of rotatable bonds is 8. The van der Waals surface area contributed by atoms with Crippen LogP contribution in [0, 0.1) is 0 Å². The zero-order valence-electron chi connectivity index (χ0n) is 15.7. The van der Waals surface area contributed by atoms with Gasteiger partial charge in [-0.05, 0) is 41.9 Å². The number of primary sulfonamides is 1. The molecule has 2 aromatic carbocycles. The van der Waals surface area contributed by atoms with Crippen LogP contribution in [0.4, 0.5) is 0 Å². The lowest BCUT2D eigenvalue weighted by molar-refractivity contribution is 0.523. The number of sulfonamides is 1. The number of benzene rings is 2. The van der Waals surface area contributed by atoms with Crippen LogP contribution in [0.2, 0.25) is 0 Å². The highest BCUT2D eigenvalue weighted by molar-refractivity contribution is 7.89. The molecular formula is C18H23N7O2S. The molecule has 5 N–H and O–H groups in total. The molecule has 10 heteroatoms. The highest BCUT2D eigenvalue weighted by Gasteiger charge is 2.22. The fourth-order valence-corrected chi connectivity index (χ4v) is 3.73. The first-order chi connectivity index (χ1) is 13.4. The molecular weight excluding hydrogens is 378 g/mol. The maximum atomic E-state index is 12.1. The van der Waals surface area contributed by atoms with Gasteiger partial charge in [0.05, 0.1) is 10.5 Å². The molecule has 148 valence electrons. The first-order valence-corrected chi connectivity index (χ1v) is 10.3. The minimum atomic E-state index is -3.96. The van der Waals surface area contributed by atoms with Crippen LogP contribution in [0.3, 0.4) is 0 Å². The third kappa shape index (κ3) is 4.60. The molecule has 0 saturated heterocycles. The topological polar surface area (TPSA) is 139 Å². The number of hydrogen-bond donors (Lipinski definition) is 4. The molecule has 1 aromatic heterocycles. The maximum absolute atomic E-state index is 12.1. The van der Waals surface area contributed by atoms with Crippen molar-refractivity contribution in [1.29, 1.82) is 0 Å². The average molecular weight is 401 g/mol. The Bertz CT molecular complexity index is 1020. The Hall–Kier alpha value is -2.66. The van der Waals surface area contributed by atoms with E-state index in [1.807, 2.05) is 37.4 Å². The fraction of sp³-hybridized carbons (Fsp3) is 0.278. The molecule has 1 heterocycles. The van der Waals surface area contributed by atoms with Crippen LogP contribution >= 0.6 is 0 Å². The second kappa shape index (κ2) is 8.57. The molecule has 1 unspecified atom stereocenters. The van der Waals surface area contributed by atoms with E-state index in [2.05, 4.69) is 38.2 Å². The Kier molecular flexibility index (Phi) is 6.15. The molecule has 3 aromatic rings. The zero-order chi connectivity index (χ0) is 20.1. The van der Waals surface area contributed by atoms with Crippen molar-refractivity contribution >= 4 is 10.0 Å². The molecule has 0 aliphatic heterocycles. The van der Waals surface area contributed by atoms with E-state index in [4.69, 9.17) is 5.14 Å². The second-order valence-corrected chi connectivity index (χ2v) is 8.03. The van der Waals surface area contributed by atoms with Gasteiger partial charge in [0, 0.05) is 19.1 Å². The lowest BCUT2D eigenvalue weighted by Gasteiger charge is -2.14. The second-order valence-electron chi connectivity index (χ2n) is 6.50. The quantitative estimate of drug-likeness (QED) is 0.439. The SMILES string of the molecule is CNCC(C)NCc1ccc(-c2cccc(S(N)(=O)=O)c2-c2nn[nH]n2)cc1.